The van der Waals surface area contributed by atoms with Crippen molar-refractivity contribution < 1.29 is 0 Å². The van der Waals surface area contributed by atoms with E-state index in [9.17, 15) is 0 Å². The van der Waals surface area contributed by atoms with Crippen LogP contribution in [0.1, 0.15) is 38.5 Å². The Morgan fingerprint density at radius 2 is 1.54 bits per heavy atom. The Bertz CT molecular complexity index is 185. The second kappa shape index (κ2) is 4.09. The summed E-state index contributed by atoms with van der Waals surface area (Å²) < 4.78 is 0. The maximum absolute atomic E-state index is 7.87. The third kappa shape index (κ3) is 2.02. The molecule has 0 aromatic rings. The van der Waals surface area contributed by atoms with Crippen LogP contribution in [0.15, 0.2) is 0 Å². The van der Waals surface area contributed by atoms with Gasteiger partial charge in [0, 0.05) is 26.1 Å². The van der Waals surface area contributed by atoms with Gasteiger partial charge < -0.3 is 0 Å². The van der Waals surface area contributed by atoms with Gasteiger partial charge in [0.1, 0.15) is 5.84 Å². The van der Waals surface area contributed by atoms with Gasteiger partial charge in [0.15, 0.2) is 0 Å². The molecule has 3 heteroatoms. The monoisotopic (exact) mass is 181 g/mol. The van der Waals surface area contributed by atoms with Crippen LogP contribution >= 0.6 is 0 Å². The van der Waals surface area contributed by atoms with Gasteiger partial charge in [0.05, 0.1) is 0 Å². The second-order valence-corrected chi connectivity index (χ2v) is 4.04. The maximum atomic E-state index is 7.87. The first-order valence-corrected chi connectivity index (χ1v) is 5.48. The van der Waals surface area contributed by atoms with Gasteiger partial charge in [0.25, 0.3) is 0 Å². The Hall–Kier alpha value is -0.570. The van der Waals surface area contributed by atoms with Gasteiger partial charge in [-0.2, -0.15) is 0 Å². The molecule has 0 aromatic heterocycles. The highest BCUT2D eigenvalue weighted by atomic mass is 15.6. The third-order valence-electron chi connectivity index (χ3n) is 3.02. The first-order chi connectivity index (χ1) is 6.38. The summed E-state index contributed by atoms with van der Waals surface area (Å²) in [6, 6.07) is 0. The second-order valence-electron chi connectivity index (χ2n) is 4.04. The number of piperidine rings is 2. The smallest absolute Gasteiger partial charge is 0.110 e. The topological polar surface area (TPSA) is 30.3 Å². The van der Waals surface area contributed by atoms with E-state index in [1.165, 1.54) is 45.2 Å². The third-order valence-corrected chi connectivity index (χ3v) is 3.02. The number of hydrazine groups is 1. The van der Waals surface area contributed by atoms with Crippen LogP contribution in [0.5, 0.6) is 0 Å². The number of hydrogen-bond donors (Lipinski definition) is 1. The molecule has 0 bridgehead atoms. The summed E-state index contributed by atoms with van der Waals surface area (Å²) in [4.78, 5) is 0. The molecule has 2 rings (SSSR count). The summed E-state index contributed by atoms with van der Waals surface area (Å²) >= 11 is 0. The zero-order valence-electron chi connectivity index (χ0n) is 8.26. The van der Waals surface area contributed by atoms with E-state index in [0.717, 1.165) is 18.8 Å². The quantitative estimate of drug-likeness (QED) is 0.669. The average Bonchev–Trinajstić information content (AvgIpc) is 2.20. The number of amidine groups is 1. The van der Waals surface area contributed by atoms with Gasteiger partial charge in [0.2, 0.25) is 0 Å². The van der Waals surface area contributed by atoms with E-state index in [1.54, 1.807) is 0 Å². The van der Waals surface area contributed by atoms with Gasteiger partial charge >= 0.3 is 0 Å². The summed E-state index contributed by atoms with van der Waals surface area (Å²) in [5.74, 6) is 0.841. The molecule has 13 heavy (non-hydrogen) atoms. The molecule has 2 aliphatic rings. The molecule has 2 saturated heterocycles. The number of hydrogen-bond acceptors (Lipinski definition) is 2. The summed E-state index contributed by atoms with van der Waals surface area (Å²) in [5.41, 5.74) is 0. The fourth-order valence-electron chi connectivity index (χ4n) is 2.25. The summed E-state index contributed by atoms with van der Waals surface area (Å²) in [6.07, 6.45) is 7.45. The van der Waals surface area contributed by atoms with Crippen molar-refractivity contribution in [2.45, 2.75) is 38.5 Å². The van der Waals surface area contributed by atoms with E-state index in [0.29, 0.717) is 0 Å². The Kier molecular flexibility index (Phi) is 2.83. The standard InChI is InChI=1S/C10H19N3/c11-10-6-2-5-9-13(10)12-7-3-1-4-8-12/h11H,1-9H2. The molecular weight excluding hydrogens is 162 g/mol. The molecular formula is C10H19N3. The predicted molar refractivity (Wildman–Crippen MR) is 53.7 cm³/mol. The lowest BCUT2D eigenvalue weighted by molar-refractivity contribution is 0.0153. The zero-order valence-corrected chi connectivity index (χ0v) is 8.26. The predicted octanol–water partition coefficient (Wildman–Crippen LogP) is 1.85. The average molecular weight is 181 g/mol. The molecule has 0 atom stereocenters. The van der Waals surface area contributed by atoms with Crippen molar-refractivity contribution in [3.8, 4) is 0 Å². The van der Waals surface area contributed by atoms with Crippen LogP contribution in [0.3, 0.4) is 0 Å². The van der Waals surface area contributed by atoms with E-state index in [2.05, 4.69) is 10.0 Å². The van der Waals surface area contributed by atoms with Crippen molar-refractivity contribution >= 4 is 5.84 Å². The molecule has 0 radical (unpaired) electrons. The van der Waals surface area contributed by atoms with E-state index in [1.807, 2.05) is 0 Å². The summed E-state index contributed by atoms with van der Waals surface area (Å²) in [6.45, 7) is 3.42. The first kappa shape index (κ1) is 9.00. The maximum Gasteiger partial charge on any atom is 0.110 e. The summed E-state index contributed by atoms with van der Waals surface area (Å²) in [7, 11) is 0. The Balaban J connectivity index is 1.92. The van der Waals surface area contributed by atoms with E-state index in [4.69, 9.17) is 5.41 Å². The van der Waals surface area contributed by atoms with Crippen molar-refractivity contribution in [2.24, 2.45) is 0 Å². The molecule has 2 aliphatic heterocycles. The highest BCUT2D eigenvalue weighted by Crippen LogP contribution is 2.17. The molecule has 0 aromatic carbocycles. The van der Waals surface area contributed by atoms with Crippen molar-refractivity contribution in [3.05, 3.63) is 0 Å². The number of nitrogens with zero attached hydrogens (tertiary/aromatic N) is 2. The van der Waals surface area contributed by atoms with Gasteiger partial charge in [-0.15, -0.1) is 0 Å². The number of nitrogens with one attached hydrogen (secondary N) is 1. The van der Waals surface area contributed by atoms with Crippen LogP contribution in [0.25, 0.3) is 0 Å². The van der Waals surface area contributed by atoms with Crippen LogP contribution in [0.4, 0.5) is 0 Å². The summed E-state index contributed by atoms with van der Waals surface area (Å²) in [5, 5.41) is 12.5. The fourth-order valence-corrected chi connectivity index (χ4v) is 2.25. The minimum Gasteiger partial charge on any atom is -0.294 e. The van der Waals surface area contributed by atoms with Crippen LogP contribution in [-0.2, 0) is 0 Å². The van der Waals surface area contributed by atoms with E-state index in [-0.39, 0.29) is 0 Å². The molecule has 3 nitrogen and oxygen atoms in total. The van der Waals surface area contributed by atoms with Crippen molar-refractivity contribution in [2.75, 3.05) is 19.6 Å². The van der Waals surface area contributed by atoms with Crippen molar-refractivity contribution in [1.29, 1.82) is 5.41 Å². The van der Waals surface area contributed by atoms with Crippen LogP contribution in [0.2, 0.25) is 0 Å². The Morgan fingerprint density at radius 3 is 2.23 bits per heavy atom. The van der Waals surface area contributed by atoms with Gasteiger partial charge in [-0.1, -0.05) is 6.42 Å². The Morgan fingerprint density at radius 1 is 0.846 bits per heavy atom. The van der Waals surface area contributed by atoms with Crippen molar-refractivity contribution in [3.63, 3.8) is 0 Å². The lowest BCUT2D eigenvalue weighted by Gasteiger charge is -2.41. The molecule has 2 fully saturated rings. The van der Waals surface area contributed by atoms with Crippen molar-refractivity contribution in [1.82, 2.24) is 10.0 Å². The normalized spacial score (nSPS) is 26.5. The van der Waals surface area contributed by atoms with Gasteiger partial charge in [-0.3, -0.25) is 10.4 Å². The molecule has 0 aliphatic carbocycles. The van der Waals surface area contributed by atoms with Gasteiger partial charge in [-0.05, 0) is 25.7 Å². The minimum absolute atomic E-state index is 0.841. The molecule has 0 unspecified atom stereocenters. The lowest BCUT2D eigenvalue weighted by atomic mass is 10.1. The van der Waals surface area contributed by atoms with Crippen LogP contribution < -0.4 is 0 Å². The molecule has 0 spiro atoms. The largest absolute Gasteiger partial charge is 0.294 e. The van der Waals surface area contributed by atoms with E-state index < -0.39 is 0 Å². The SMILES string of the molecule is N=C1CCCCN1N1CCCCC1. The van der Waals surface area contributed by atoms with E-state index >= 15 is 0 Å². The lowest BCUT2D eigenvalue weighted by Crippen LogP contribution is -2.50. The van der Waals surface area contributed by atoms with Crippen LogP contribution in [0, 0.1) is 5.41 Å². The molecule has 74 valence electrons. The highest BCUT2D eigenvalue weighted by molar-refractivity contribution is 5.79. The first-order valence-electron chi connectivity index (χ1n) is 5.48. The Labute approximate surface area is 80.2 Å². The fraction of sp³-hybridized carbons (Fsp3) is 0.900. The number of rotatable bonds is 1. The molecule has 1 N–H and O–H groups in total. The zero-order chi connectivity index (χ0) is 9.10. The van der Waals surface area contributed by atoms with Gasteiger partial charge in [-0.25, -0.2) is 5.01 Å². The van der Waals surface area contributed by atoms with Crippen LogP contribution in [-0.4, -0.2) is 35.5 Å². The highest BCUT2D eigenvalue weighted by Gasteiger charge is 2.22. The minimum atomic E-state index is 0.841. The molecule has 0 amide bonds. The molecule has 0 saturated carbocycles. The molecule has 2 heterocycles.